The molecule has 3 amide bonds. The highest BCUT2D eigenvalue weighted by Gasteiger charge is 2.58. The predicted molar refractivity (Wildman–Crippen MR) is 74.5 cm³/mol. The quantitative estimate of drug-likeness (QED) is 0.763. The molecule has 0 atom stereocenters. The van der Waals surface area contributed by atoms with E-state index in [-0.39, 0.29) is 11.9 Å². The van der Waals surface area contributed by atoms with E-state index in [2.05, 4.69) is 11.6 Å². The second-order valence-corrected chi connectivity index (χ2v) is 6.05. The molecule has 0 aromatic heterocycles. The Balaban J connectivity index is 2.06. The van der Waals surface area contributed by atoms with Gasteiger partial charge in [-0.1, -0.05) is 6.08 Å². The summed E-state index contributed by atoms with van der Waals surface area (Å²) in [6.07, 6.45) is 1.21. The number of hydrogen-bond donors (Lipinski definition) is 1. The number of amides is 3. The maximum atomic E-state index is 11.9. The van der Waals surface area contributed by atoms with E-state index < -0.39 is 17.2 Å². The van der Waals surface area contributed by atoms with E-state index in [1.165, 1.54) is 9.80 Å². The summed E-state index contributed by atoms with van der Waals surface area (Å²) >= 11 is 0. The number of hydrogen-bond acceptors (Lipinski definition) is 4. The Morgan fingerprint density at radius 1 is 1.55 bits per heavy atom. The molecule has 7 nitrogen and oxygen atoms in total. The highest BCUT2D eigenvalue weighted by atomic mass is 16.6. The van der Waals surface area contributed by atoms with Crippen molar-refractivity contribution >= 4 is 18.0 Å². The van der Waals surface area contributed by atoms with Crippen molar-refractivity contribution in [2.75, 3.05) is 19.6 Å². The zero-order valence-electron chi connectivity index (χ0n) is 12.0. The van der Waals surface area contributed by atoms with E-state index in [0.717, 1.165) is 0 Å². The molecule has 0 saturated carbocycles. The molecule has 2 heterocycles. The van der Waals surface area contributed by atoms with Crippen LogP contribution in [0.15, 0.2) is 17.6 Å². The molecule has 0 aromatic rings. The molecule has 2 rings (SSSR count). The molecule has 110 valence electrons. The van der Waals surface area contributed by atoms with Gasteiger partial charge in [0.05, 0.1) is 13.1 Å². The molecule has 0 aromatic carbocycles. The van der Waals surface area contributed by atoms with Crippen molar-refractivity contribution in [1.29, 1.82) is 0 Å². The summed E-state index contributed by atoms with van der Waals surface area (Å²) < 4.78 is 5.28. The standard InChI is InChI=1S/C13H20N4O3/c1-5-6-17-10(18)15-9(14)13(17)7-16(8-13)11(19)20-12(2,3)4/h5H,1,6-8H2,2-4H3,(H2,14,15,18). The monoisotopic (exact) mass is 280 g/mol. The lowest BCUT2D eigenvalue weighted by atomic mass is 9.88. The van der Waals surface area contributed by atoms with Gasteiger partial charge >= 0.3 is 12.1 Å². The zero-order chi connectivity index (χ0) is 15.1. The summed E-state index contributed by atoms with van der Waals surface area (Å²) in [5, 5.41) is 0. The Bertz CT molecular complexity index is 486. The van der Waals surface area contributed by atoms with Gasteiger partial charge < -0.3 is 20.3 Å². The molecule has 7 heteroatoms. The minimum Gasteiger partial charge on any atom is -0.444 e. The first-order valence-electron chi connectivity index (χ1n) is 6.45. The van der Waals surface area contributed by atoms with Crippen molar-refractivity contribution in [3.8, 4) is 0 Å². The van der Waals surface area contributed by atoms with Crippen molar-refractivity contribution in [1.82, 2.24) is 9.80 Å². The summed E-state index contributed by atoms with van der Waals surface area (Å²) in [7, 11) is 0. The Hall–Kier alpha value is -2.05. The number of nitrogens with two attached hydrogens (primary N) is 1. The van der Waals surface area contributed by atoms with Crippen molar-refractivity contribution in [2.45, 2.75) is 31.9 Å². The first kappa shape index (κ1) is 14.4. The lowest BCUT2D eigenvalue weighted by molar-refractivity contribution is -0.0190. The van der Waals surface area contributed by atoms with E-state index in [9.17, 15) is 9.59 Å². The maximum Gasteiger partial charge on any atom is 0.410 e. The Morgan fingerprint density at radius 3 is 2.65 bits per heavy atom. The van der Waals surface area contributed by atoms with E-state index in [1.807, 2.05) is 0 Å². The average Bonchev–Trinajstić information content (AvgIpc) is 2.46. The van der Waals surface area contributed by atoms with Crippen LogP contribution in [0.5, 0.6) is 0 Å². The third kappa shape index (κ3) is 2.23. The van der Waals surface area contributed by atoms with Crippen LogP contribution in [0.25, 0.3) is 0 Å². The topological polar surface area (TPSA) is 88.2 Å². The van der Waals surface area contributed by atoms with Crippen LogP contribution in [-0.2, 0) is 4.74 Å². The fraction of sp³-hybridized carbons (Fsp3) is 0.615. The van der Waals surface area contributed by atoms with Gasteiger partial charge in [-0.05, 0) is 20.8 Å². The minimum atomic E-state index is -0.692. The molecule has 0 radical (unpaired) electrons. The van der Waals surface area contributed by atoms with Gasteiger partial charge in [0.15, 0.2) is 0 Å². The van der Waals surface area contributed by atoms with E-state index in [0.29, 0.717) is 19.6 Å². The molecule has 20 heavy (non-hydrogen) atoms. The van der Waals surface area contributed by atoms with E-state index >= 15 is 0 Å². The number of ether oxygens (including phenoxy) is 1. The molecule has 1 saturated heterocycles. The van der Waals surface area contributed by atoms with E-state index in [1.54, 1.807) is 26.8 Å². The summed E-state index contributed by atoms with van der Waals surface area (Å²) in [6.45, 7) is 9.99. The van der Waals surface area contributed by atoms with E-state index in [4.69, 9.17) is 10.5 Å². The molecule has 0 bridgehead atoms. The number of nitrogens with zero attached hydrogens (tertiary/aromatic N) is 3. The van der Waals surface area contributed by atoms with Gasteiger partial charge in [-0.15, -0.1) is 6.58 Å². The molecule has 1 spiro atoms. The highest BCUT2D eigenvalue weighted by molar-refractivity contribution is 6.07. The Labute approximate surface area is 118 Å². The van der Waals surface area contributed by atoms with Crippen LogP contribution in [0.4, 0.5) is 9.59 Å². The zero-order valence-corrected chi connectivity index (χ0v) is 12.0. The molecular weight excluding hydrogens is 260 g/mol. The molecule has 1 fully saturated rings. The molecular formula is C13H20N4O3. The summed E-state index contributed by atoms with van der Waals surface area (Å²) in [5.74, 6) is 0.254. The van der Waals surface area contributed by atoms with Gasteiger partial charge in [-0.2, -0.15) is 4.99 Å². The number of carbonyl (C=O) groups excluding carboxylic acids is 2. The number of aliphatic imine (C=N–C) groups is 1. The third-order valence-electron chi connectivity index (χ3n) is 3.31. The second-order valence-electron chi connectivity index (χ2n) is 6.05. The average molecular weight is 280 g/mol. The summed E-state index contributed by atoms with van der Waals surface area (Å²) in [4.78, 5) is 30.5. The highest BCUT2D eigenvalue weighted by Crippen LogP contribution is 2.33. The first-order valence-corrected chi connectivity index (χ1v) is 6.45. The molecule has 2 aliphatic heterocycles. The van der Waals surface area contributed by atoms with Gasteiger partial charge in [0.2, 0.25) is 0 Å². The normalized spacial score (nSPS) is 20.8. The first-order chi connectivity index (χ1) is 9.19. The van der Waals surface area contributed by atoms with Gasteiger partial charge in [-0.25, -0.2) is 9.59 Å². The predicted octanol–water partition coefficient (Wildman–Crippen LogP) is 0.955. The molecule has 0 aliphatic carbocycles. The smallest absolute Gasteiger partial charge is 0.410 e. The van der Waals surface area contributed by atoms with Crippen LogP contribution in [-0.4, -0.2) is 58.5 Å². The summed E-state index contributed by atoms with van der Waals surface area (Å²) in [5.41, 5.74) is 4.61. The van der Waals surface area contributed by atoms with Crippen LogP contribution in [0, 0.1) is 0 Å². The van der Waals surface area contributed by atoms with Crippen LogP contribution in [0.2, 0.25) is 0 Å². The largest absolute Gasteiger partial charge is 0.444 e. The summed E-state index contributed by atoms with van der Waals surface area (Å²) in [6, 6.07) is -0.383. The van der Waals surface area contributed by atoms with Gasteiger partial charge in [0.1, 0.15) is 17.0 Å². The Morgan fingerprint density at radius 2 is 2.15 bits per heavy atom. The minimum absolute atomic E-state index is 0.254. The number of rotatable bonds is 2. The van der Waals surface area contributed by atoms with Crippen LogP contribution >= 0.6 is 0 Å². The lowest BCUT2D eigenvalue weighted by Gasteiger charge is -2.51. The van der Waals surface area contributed by atoms with Crippen LogP contribution in [0.3, 0.4) is 0 Å². The van der Waals surface area contributed by atoms with Crippen molar-refractivity contribution in [3.05, 3.63) is 12.7 Å². The molecule has 2 N–H and O–H groups in total. The van der Waals surface area contributed by atoms with Crippen molar-refractivity contribution < 1.29 is 14.3 Å². The SMILES string of the molecule is C=CCN1C(=O)N=C(N)C12CN(C(=O)OC(C)(C)C)C2. The third-order valence-corrected chi connectivity index (χ3v) is 3.31. The number of urea groups is 1. The van der Waals surface area contributed by atoms with Gasteiger partial charge in [0.25, 0.3) is 0 Å². The number of carbonyl (C=O) groups is 2. The molecule has 2 aliphatic rings. The maximum absolute atomic E-state index is 11.9. The number of likely N-dealkylation sites (tertiary alicyclic amines) is 1. The number of amidine groups is 1. The van der Waals surface area contributed by atoms with Gasteiger partial charge in [-0.3, -0.25) is 0 Å². The fourth-order valence-corrected chi connectivity index (χ4v) is 2.34. The second kappa shape index (κ2) is 4.50. The fourth-order valence-electron chi connectivity index (χ4n) is 2.34. The van der Waals surface area contributed by atoms with Crippen molar-refractivity contribution in [3.63, 3.8) is 0 Å². The lowest BCUT2D eigenvalue weighted by Crippen LogP contribution is -2.74. The molecule has 0 unspecified atom stereocenters. The van der Waals surface area contributed by atoms with Crippen LogP contribution in [0.1, 0.15) is 20.8 Å². The van der Waals surface area contributed by atoms with Crippen molar-refractivity contribution in [2.24, 2.45) is 10.7 Å². The van der Waals surface area contributed by atoms with Gasteiger partial charge in [0, 0.05) is 6.54 Å². The Kier molecular flexibility index (Phi) is 3.23. The van der Waals surface area contributed by atoms with Crippen LogP contribution < -0.4 is 5.73 Å².